The van der Waals surface area contributed by atoms with Crippen molar-refractivity contribution in [2.24, 2.45) is 5.73 Å². The fraction of sp³-hybridized carbons (Fsp3) is 0.364. The van der Waals surface area contributed by atoms with Gasteiger partial charge >= 0.3 is 5.97 Å². The second-order valence-electron chi connectivity index (χ2n) is 3.71. The molecule has 16 heavy (non-hydrogen) atoms. The molecule has 0 fully saturated rings. The number of carboxylic acids is 1. The van der Waals surface area contributed by atoms with Crippen LogP contribution in [0.25, 0.3) is 0 Å². The SMILES string of the molecule is CN(C)c1ccc(C[C@H](N)C(=O)O)cc1.Cl. The average molecular weight is 245 g/mol. The number of halogens is 1. The summed E-state index contributed by atoms with van der Waals surface area (Å²) in [7, 11) is 3.91. The number of nitrogens with two attached hydrogens (primary N) is 1. The van der Waals surface area contributed by atoms with Gasteiger partial charge in [-0.05, 0) is 24.1 Å². The summed E-state index contributed by atoms with van der Waals surface area (Å²) in [6.07, 6.45) is 0.364. The lowest BCUT2D eigenvalue weighted by molar-refractivity contribution is -0.138. The van der Waals surface area contributed by atoms with Gasteiger partial charge in [-0.3, -0.25) is 4.79 Å². The van der Waals surface area contributed by atoms with Crippen molar-refractivity contribution in [3.63, 3.8) is 0 Å². The third-order valence-electron chi connectivity index (χ3n) is 2.23. The lowest BCUT2D eigenvalue weighted by atomic mass is 10.1. The van der Waals surface area contributed by atoms with Crippen LogP contribution >= 0.6 is 12.4 Å². The fourth-order valence-electron chi connectivity index (χ4n) is 1.27. The molecule has 0 unspecified atom stereocenters. The minimum absolute atomic E-state index is 0. The number of carboxylic acid groups (broad SMARTS) is 1. The summed E-state index contributed by atoms with van der Waals surface area (Å²) in [5.41, 5.74) is 7.46. The smallest absolute Gasteiger partial charge is 0.320 e. The van der Waals surface area contributed by atoms with Gasteiger partial charge in [-0.15, -0.1) is 12.4 Å². The van der Waals surface area contributed by atoms with E-state index in [1.54, 1.807) is 0 Å². The highest BCUT2D eigenvalue weighted by Crippen LogP contribution is 2.13. The zero-order chi connectivity index (χ0) is 11.4. The molecule has 1 aromatic rings. The van der Waals surface area contributed by atoms with Crippen molar-refractivity contribution in [3.8, 4) is 0 Å². The van der Waals surface area contributed by atoms with E-state index >= 15 is 0 Å². The minimum Gasteiger partial charge on any atom is -0.480 e. The normalized spacial score (nSPS) is 11.4. The van der Waals surface area contributed by atoms with Crippen molar-refractivity contribution in [2.45, 2.75) is 12.5 Å². The number of carbonyl (C=O) groups is 1. The van der Waals surface area contributed by atoms with Crippen LogP contribution in [0.15, 0.2) is 24.3 Å². The van der Waals surface area contributed by atoms with E-state index in [0.29, 0.717) is 6.42 Å². The lowest BCUT2D eigenvalue weighted by Crippen LogP contribution is -2.32. The van der Waals surface area contributed by atoms with Gasteiger partial charge in [0.15, 0.2) is 0 Å². The summed E-state index contributed by atoms with van der Waals surface area (Å²) in [5, 5.41) is 8.65. The van der Waals surface area contributed by atoms with Crippen molar-refractivity contribution in [2.75, 3.05) is 19.0 Å². The number of benzene rings is 1. The van der Waals surface area contributed by atoms with Gasteiger partial charge in [0.05, 0.1) is 0 Å². The summed E-state index contributed by atoms with van der Waals surface area (Å²) >= 11 is 0. The van der Waals surface area contributed by atoms with Gasteiger partial charge < -0.3 is 15.7 Å². The first-order valence-electron chi connectivity index (χ1n) is 4.75. The van der Waals surface area contributed by atoms with Crippen molar-refractivity contribution in [3.05, 3.63) is 29.8 Å². The molecule has 0 aromatic heterocycles. The highest BCUT2D eigenvalue weighted by molar-refractivity contribution is 5.85. The maximum absolute atomic E-state index is 10.5. The van der Waals surface area contributed by atoms with Crippen LogP contribution < -0.4 is 10.6 Å². The zero-order valence-electron chi connectivity index (χ0n) is 9.38. The van der Waals surface area contributed by atoms with E-state index in [2.05, 4.69) is 0 Å². The molecule has 90 valence electrons. The van der Waals surface area contributed by atoms with Crippen LogP contribution in [-0.2, 0) is 11.2 Å². The van der Waals surface area contributed by atoms with Gasteiger partial charge in [0, 0.05) is 19.8 Å². The largest absolute Gasteiger partial charge is 0.480 e. The Balaban J connectivity index is 0.00000225. The lowest BCUT2D eigenvalue weighted by Gasteiger charge is -2.13. The van der Waals surface area contributed by atoms with Gasteiger partial charge in [0.25, 0.3) is 0 Å². The molecule has 0 saturated heterocycles. The van der Waals surface area contributed by atoms with Gasteiger partial charge in [0.2, 0.25) is 0 Å². The first-order chi connectivity index (χ1) is 7.00. The Kier molecular flexibility index (Phi) is 5.85. The average Bonchev–Trinajstić information content (AvgIpc) is 2.18. The molecule has 0 spiro atoms. The molecule has 4 nitrogen and oxygen atoms in total. The van der Waals surface area contributed by atoms with Gasteiger partial charge in [-0.1, -0.05) is 12.1 Å². The van der Waals surface area contributed by atoms with Gasteiger partial charge in [-0.25, -0.2) is 0 Å². The summed E-state index contributed by atoms with van der Waals surface area (Å²) < 4.78 is 0. The van der Waals surface area contributed by atoms with E-state index in [0.717, 1.165) is 11.3 Å². The predicted octanol–water partition coefficient (Wildman–Crippen LogP) is 1.13. The van der Waals surface area contributed by atoms with E-state index in [1.807, 2.05) is 43.3 Å². The van der Waals surface area contributed by atoms with E-state index in [-0.39, 0.29) is 12.4 Å². The third-order valence-corrected chi connectivity index (χ3v) is 2.23. The summed E-state index contributed by atoms with van der Waals surface area (Å²) in [5.74, 6) is -0.966. The molecule has 5 heteroatoms. The Morgan fingerprint density at radius 3 is 2.25 bits per heavy atom. The number of anilines is 1. The number of rotatable bonds is 4. The molecule has 0 bridgehead atoms. The molecule has 1 atom stereocenters. The van der Waals surface area contributed by atoms with Crippen molar-refractivity contribution in [1.29, 1.82) is 0 Å². The Morgan fingerprint density at radius 1 is 1.38 bits per heavy atom. The second kappa shape index (κ2) is 6.35. The number of nitrogens with zero attached hydrogens (tertiary/aromatic N) is 1. The minimum atomic E-state index is -0.966. The number of hydrogen-bond donors (Lipinski definition) is 2. The van der Waals surface area contributed by atoms with Crippen LogP contribution in [0.1, 0.15) is 5.56 Å². The Hall–Kier alpha value is -1.26. The van der Waals surface area contributed by atoms with Crippen LogP contribution in [0.3, 0.4) is 0 Å². The Labute approximate surface area is 101 Å². The zero-order valence-corrected chi connectivity index (χ0v) is 10.2. The number of hydrogen-bond acceptors (Lipinski definition) is 3. The quantitative estimate of drug-likeness (QED) is 0.833. The molecule has 0 saturated carbocycles. The molecular weight excluding hydrogens is 228 g/mol. The van der Waals surface area contributed by atoms with E-state index in [9.17, 15) is 4.79 Å². The molecule has 0 amide bonds. The topological polar surface area (TPSA) is 66.6 Å². The van der Waals surface area contributed by atoms with Crippen LogP contribution in [-0.4, -0.2) is 31.2 Å². The molecule has 3 N–H and O–H groups in total. The Morgan fingerprint density at radius 2 is 1.88 bits per heavy atom. The summed E-state index contributed by atoms with van der Waals surface area (Å²) in [4.78, 5) is 12.5. The van der Waals surface area contributed by atoms with E-state index < -0.39 is 12.0 Å². The van der Waals surface area contributed by atoms with E-state index in [1.165, 1.54) is 0 Å². The molecule has 1 rings (SSSR count). The monoisotopic (exact) mass is 244 g/mol. The van der Waals surface area contributed by atoms with Gasteiger partial charge in [0.1, 0.15) is 6.04 Å². The molecule has 0 aliphatic heterocycles. The van der Waals surface area contributed by atoms with Crippen LogP contribution in [0.5, 0.6) is 0 Å². The molecule has 0 radical (unpaired) electrons. The first-order valence-corrected chi connectivity index (χ1v) is 4.75. The van der Waals surface area contributed by atoms with Gasteiger partial charge in [-0.2, -0.15) is 0 Å². The molecule has 0 heterocycles. The maximum atomic E-state index is 10.5. The highest BCUT2D eigenvalue weighted by atomic mass is 35.5. The van der Waals surface area contributed by atoms with E-state index in [4.69, 9.17) is 10.8 Å². The van der Waals surface area contributed by atoms with Crippen LogP contribution in [0, 0.1) is 0 Å². The summed E-state index contributed by atoms with van der Waals surface area (Å²) in [6, 6.07) is 6.87. The molecule has 0 aliphatic carbocycles. The summed E-state index contributed by atoms with van der Waals surface area (Å²) in [6.45, 7) is 0. The standard InChI is InChI=1S/C11H16N2O2.ClH/c1-13(2)9-5-3-8(4-6-9)7-10(12)11(14)15;/h3-6,10H,7,12H2,1-2H3,(H,14,15);1H/t10-;/m0./s1. The highest BCUT2D eigenvalue weighted by Gasteiger charge is 2.11. The van der Waals surface area contributed by atoms with Crippen LogP contribution in [0.4, 0.5) is 5.69 Å². The van der Waals surface area contributed by atoms with Crippen molar-refractivity contribution in [1.82, 2.24) is 0 Å². The Bertz CT molecular complexity index is 338. The third kappa shape index (κ3) is 4.08. The molecular formula is C11H17ClN2O2. The molecule has 1 aromatic carbocycles. The fourth-order valence-corrected chi connectivity index (χ4v) is 1.27. The van der Waals surface area contributed by atoms with Crippen molar-refractivity contribution < 1.29 is 9.90 Å². The van der Waals surface area contributed by atoms with Crippen molar-refractivity contribution >= 4 is 24.1 Å². The number of aliphatic carboxylic acids is 1. The first kappa shape index (κ1) is 14.7. The molecule has 0 aliphatic rings. The predicted molar refractivity (Wildman–Crippen MR) is 67.3 cm³/mol. The maximum Gasteiger partial charge on any atom is 0.320 e. The second-order valence-corrected chi connectivity index (χ2v) is 3.71. The van der Waals surface area contributed by atoms with Crippen LogP contribution in [0.2, 0.25) is 0 Å².